The van der Waals surface area contributed by atoms with Crippen LogP contribution in [0.2, 0.25) is 0 Å². The van der Waals surface area contributed by atoms with E-state index in [0.717, 1.165) is 6.26 Å². The monoisotopic (exact) mass is 588 g/mol. The van der Waals surface area contributed by atoms with E-state index in [1.54, 1.807) is 25.1 Å². The predicted molar refractivity (Wildman–Crippen MR) is 148 cm³/mol. The molecule has 0 radical (unpaired) electrons. The Labute approximate surface area is 237 Å². The van der Waals surface area contributed by atoms with Gasteiger partial charge in [0.05, 0.1) is 30.0 Å². The van der Waals surface area contributed by atoms with Gasteiger partial charge in [0.2, 0.25) is 15.8 Å². The smallest absolute Gasteiger partial charge is 0.255 e. The molecular weight excluding hydrogens is 556 g/mol. The van der Waals surface area contributed by atoms with Gasteiger partial charge in [0.25, 0.3) is 5.91 Å². The summed E-state index contributed by atoms with van der Waals surface area (Å²) >= 11 is 0. The van der Waals surface area contributed by atoms with Crippen molar-refractivity contribution >= 4 is 38.9 Å². The Bertz CT molecular complexity index is 1610. The fourth-order valence-corrected chi connectivity index (χ4v) is 6.43. The molecule has 3 aliphatic carbocycles. The van der Waals surface area contributed by atoms with Gasteiger partial charge in [0.1, 0.15) is 22.8 Å². The molecule has 4 atom stereocenters. The lowest BCUT2D eigenvalue weighted by molar-refractivity contribution is -0.153. The van der Waals surface area contributed by atoms with Crippen molar-refractivity contribution in [3.8, 4) is 17.6 Å². The van der Waals surface area contributed by atoms with Gasteiger partial charge in [0, 0.05) is 31.3 Å². The van der Waals surface area contributed by atoms with Gasteiger partial charge in [-0.05, 0) is 44.5 Å². The molecule has 0 aromatic heterocycles. The fourth-order valence-electron chi connectivity index (χ4n) is 6.09. The highest BCUT2D eigenvalue weighted by molar-refractivity contribution is 7.88. The molecule has 4 rings (SSSR count). The average molecular weight is 589 g/mol. The molecule has 1 aromatic rings. The number of hydrogen-bond acceptors (Lipinski definition) is 11. The summed E-state index contributed by atoms with van der Waals surface area (Å²) in [7, 11) is 3.02. The zero-order valence-corrected chi connectivity index (χ0v) is 24.0. The lowest BCUT2D eigenvalue weighted by Crippen LogP contribution is -2.65. The SMILES string of the molecule is CN(C)c1cc(C#CCNS(C)(=O)=O)c(O)c2c1C[C@@H]1C[C@@H]3[C@@H](N(C)C)C(=O)C(C(N)=O)=C(O)[C@]3(O)C(=O)C1=C2O. The molecule has 1 aromatic carbocycles. The number of amides is 1. The van der Waals surface area contributed by atoms with Crippen molar-refractivity contribution in [2.24, 2.45) is 17.6 Å². The van der Waals surface area contributed by atoms with Crippen LogP contribution in [0.1, 0.15) is 23.1 Å². The minimum Gasteiger partial charge on any atom is -0.508 e. The van der Waals surface area contributed by atoms with E-state index < -0.39 is 73.8 Å². The van der Waals surface area contributed by atoms with Gasteiger partial charge in [-0.1, -0.05) is 11.8 Å². The molecule has 7 N–H and O–H groups in total. The maximum Gasteiger partial charge on any atom is 0.255 e. The van der Waals surface area contributed by atoms with Crippen LogP contribution in [0.15, 0.2) is 23.0 Å². The summed E-state index contributed by atoms with van der Waals surface area (Å²) in [5.74, 6) is -2.14. The number of fused-ring (bicyclic) bond motifs is 3. The number of aliphatic hydroxyl groups excluding tert-OH is 2. The van der Waals surface area contributed by atoms with Gasteiger partial charge in [-0.3, -0.25) is 19.3 Å². The minimum absolute atomic E-state index is 0.0297. The quantitative estimate of drug-likeness (QED) is 0.180. The van der Waals surface area contributed by atoms with Crippen molar-refractivity contribution in [3.63, 3.8) is 0 Å². The van der Waals surface area contributed by atoms with E-state index in [4.69, 9.17) is 5.73 Å². The number of benzene rings is 1. The highest BCUT2D eigenvalue weighted by Gasteiger charge is 2.64. The molecule has 220 valence electrons. The summed E-state index contributed by atoms with van der Waals surface area (Å²) in [5.41, 5.74) is 2.43. The second-order valence-corrected chi connectivity index (χ2v) is 12.7. The van der Waals surface area contributed by atoms with Crippen LogP contribution in [0.4, 0.5) is 5.69 Å². The number of carbonyl (C=O) groups excluding carboxylic acids is 3. The summed E-state index contributed by atoms with van der Waals surface area (Å²) in [6, 6.07) is 0.397. The number of anilines is 1. The number of carbonyl (C=O) groups is 3. The van der Waals surface area contributed by atoms with E-state index in [1.807, 2.05) is 0 Å². The number of aliphatic hydroxyl groups is 3. The fraction of sp³-hybridized carbons (Fsp3) is 0.444. The van der Waals surface area contributed by atoms with Crippen LogP contribution in [-0.2, 0) is 30.8 Å². The van der Waals surface area contributed by atoms with Crippen molar-refractivity contribution in [2.45, 2.75) is 24.5 Å². The molecule has 0 saturated heterocycles. The number of aromatic hydroxyl groups is 1. The van der Waals surface area contributed by atoms with Crippen LogP contribution in [0, 0.1) is 23.7 Å². The standard InChI is InChI=1S/C27H32N4O9S/c1-30(2)16-11-12(7-6-8-29-41(5,39)40)21(32)18-14(16)9-13-10-15-20(31(3)4)23(34)19(26(28)37)25(36)27(15,38)24(35)17(13)22(18)33/h11,13,15,20,29,32-33,36,38H,8-10H2,1-5H3,(H2,28,37)/t13-,15-,20-,27-/m1/s1. The van der Waals surface area contributed by atoms with Crippen molar-refractivity contribution in [1.82, 2.24) is 9.62 Å². The molecule has 0 bridgehead atoms. The lowest BCUT2D eigenvalue weighted by atomic mass is 9.57. The number of phenols is 1. The third-order valence-corrected chi connectivity index (χ3v) is 8.49. The summed E-state index contributed by atoms with van der Waals surface area (Å²) in [6.07, 6.45) is 1.06. The molecule has 3 aliphatic rings. The molecule has 0 heterocycles. The number of rotatable bonds is 5. The van der Waals surface area contributed by atoms with Gasteiger partial charge in [-0.15, -0.1) is 0 Å². The molecule has 0 spiro atoms. The Morgan fingerprint density at radius 1 is 1.20 bits per heavy atom. The molecule has 14 heteroatoms. The number of ketones is 2. The van der Waals surface area contributed by atoms with Crippen molar-refractivity contribution < 1.29 is 43.2 Å². The van der Waals surface area contributed by atoms with Crippen LogP contribution in [0.25, 0.3) is 5.76 Å². The third kappa shape index (κ3) is 4.74. The Morgan fingerprint density at radius 2 is 1.83 bits per heavy atom. The Kier molecular flexibility index (Phi) is 7.47. The molecule has 41 heavy (non-hydrogen) atoms. The van der Waals surface area contributed by atoms with Crippen LogP contribution in [0.5, 0.6) is 5.75 Å². The van der Waals surface area contributed by atoms with E-state index in [1.165, 1.54) is 19.0 Å². The number of Topliss-reactive ketones (excluding diaryl/α,β-unsaturated/α-hetero) is 2. The Morgan fingerprint density at radius 3 is 2.37 bits per heavy atom. The normalized spacial score (nSPS) is 25.8. The van der Waals surface area contributed by atoms with E-state index in [-0.39, 0.29) is 36.1 Å². The number of nitrogens with one attached hydrogen (secondary N) is 1. The number of hydrogen-bond donors (Lipinski definition) is 6. The van der Waals surface area contributed by atoms with Crippen molar-refractivity contribution in [2.75, 3.05) is 45.9 Å². The van der Waals surface area contributed by atoms with Gasteiger partial charge in [-0.25, -0.2) is 13.1 Å². The number of nitrogens with two attached hydrogens (primary N) is 1. The van der Waals surface area contributed by atoms with E-state index in [0.29, 0.717) is 11.3 Å². The topological polar surface area (TPSA) is 211 Å². The first-order valence-corrected chi connectivity index (χ1v) is 14.5. The van der Waals surface area contributed by atoms with Gasteiger partial charge in [0.15, 0.2) is 11.4 Å². The summed E-state index contributed by atoms with van der Waals surface area (Å²) in [5, 5.41) is 45.3. The number of likely N-dealkylation sites (N-methyl/N-ethyl adjacent to an activating group) is 1. The molecule has 1 amide bonds. The molecule has 0 unspecified atom stereocenters. The first kappa shape index (κ1) is 30.1. The summed E-state index contributed by atoms with van der Waals surface area (Å²) < 4.78 is 24.9. The van der Waals surface area contributed by atoms with Gasteiger partial charge < -0.3 is 31.1 Å². The number of nitrogens with zero attached hydrogens (tertiary/aromatic N) is 2. The Balaban J connectivity index is 1.94. The maximum atomic E-state index is 14.0. The van der Waals surface area contributed by atoms with E-state index in [2.05, 4.69) is 16.6 Å². The van der Waals surface area contributed by atoms with Crippen molar-refractivity contribution in [1.29, 1.82) is 0 Å². The van der Waals surface area contributed by atoms with E-state index >= 15 is 0 Å². The first-order valence-electron chi connectivity index (χ1n) is 12.6. The zero-order chi connectivity index (χ0) is 30.8. The highest BCUT2D eigenvalue weighted by atomic mass is 32.2. The lowest BCUT2D eigenvalue weighted by Gasteiger charge is -2.50. The first-order chi connectivity index (χ1) is 18.9. The zero-order valence-electron chi connectivity index (χ0n) is 23.1. The largest absolute Gasteiger partial charge is 0.508 e. The number of sulfonamides is 1. The van der Waals surface area contributed by atoms with Gasteiger partial charge >= 0.3 is 0 Å². The number of primary amides is 1. The van der Waals surface area contributed by atoms with Crippen LogP contribution < -0.4 is 15.4 Å². The van der Waals surface area contributed by atoms with Crippen LogP contribution in [0.3, 0.4) is 0 Å². The highest BCUT2D eigenvalue weighted by Crippen LogP contribution is 2.54. The number of phenolic OH excluding ortho intramolecular Hbond substituents is 1. The minimum atomic E-state index is -3.50. The van der Waals surface area contributed by atoms with E-state index in [9.17, 15) is 43.2 Å². The second kappa shape index (κ2) is 10.2. The molecule has 1 fully saturated rings. The molecule has 13 nitrogen and oxygen atoms in total. The molecule has 1 saturated carbocycles. The summed E-state index contributed by atoms with van der Waals surface area (Å²) in [6.45, 7) is -0.242. The van der Waals surface area contributed by atoms with Crippen LogP contribution in [-0.4, -0.2) is 104 Å². The average Bonchev–Trinajstić information content (AvgIpc) is 2.83. The molecular formula is C27H32N4O9S. The third-order valence-electron chi connectivity index (χ3n) is 7.82. The van der Waals surface area contributed by atoms with Crippen molar-refractivity contribution in [3.05, 3.63) is 39.7 Å². The molecule has 0 aliphatic heterocycles. The second-order valence-electron chi connectivity index (χ2n) is 10.9. The van der Waals surface area contributed by atoms with Crippen LogP contribution >= 0.6 is 0 Å². The maximum absolute atomic E-state index is 14.0. The predicted octanol–water partition coefficient (Wildman–Crippen LogP) is -1.07. The van der Waals surface area contributed by atoms with Gasteiger partial charge in [-0.2, -0.15) is 0 Å². The summed E-state index contributed by atoms with van der Waals surface area (Å²) in [4.78, 5) is 42.5. The Hall–Kier alpha value is -3.90.